The first-order valence-electron chi connectivity index (χ1n) is 3.00. The second-order valence-corrected chi connectivity index (χ2v) is 1.99. The molecule has 1 rings (SSSR count). The molecule has 1 aromatic carbocycles. The van der Waals surface area contributed by atoms with Crippen molar-refractivity contribution in [1.29, 1.82) is 5.26 Å². The van der Waals surface area contributed by atoms with E-state index in [4.69, 9.17) is 11.0 Å². The molecule has 2 heteroatoms. The molecule has 0 spiro atoms. The normalized spacial score (nSPS) is 8.80. The van der Waals surface area contributed by atoms with E-state index in [1.807, 2.05) is 12.1 Å². The van der Waals surface area contributed by atoms with E-state index in [-0.39, 0.29) is 6.54 Å². The fraction of sp³-hybridized carbons (Fsp3) is 0.125. The molecule has 0 atom stereocenters. The molecule has 0 aliphatic heterocycles. The minimum atomic E-state index is 0.246. The van der Waals surface area contributed by atoms with E-state index in [1.54, 1.807) is 18.2 Å². The predicted octanol–water partition coefficient (Wildman–Crippen LogP) is 1.34. The number of nitriles is 1. The zero-order valence-electron chi connectivity index (χ0n) is 5.46. The number of benzene rings is 1. The van der Waals surface area contributed by atoms with Gasteiger partial charge in [0.05, 0.1) is 11.6 Å². The molecule has 0 fully saturated rings. The third kappa shape index (κ3) is 1.34. The molecule has 0 heterocycles. The van der Waals surface area contributed by atoms with Crippen molar-refractivity contribution >= 4 is 0 Å². The highest BCUT2D eigenvalue weighted by atomic mass is 14.5. The van der Waals surface area contributed by atoms with Crippen molar-refractivity contribution in [2.24, 2.45) is 0 Å². The fourth-order valence-corrected chi connectivity index (χ4v) is 0.751. The molecule has 0 amide bonds. The third-order valence-electron chi connectivity index (χ3n) is 1.26. The van der Waals surface area contributed by atoms with Crippen LogP contribution in [0.3, 0.4) is 0 Å². The SMILES string of the molecule is N#Cc1cccc(C[NH])c1. The highest BCUT2D eigenvalue weighted by molar-refractivity contribution is 5.32. The topological polar surface area (TPSA) is 47.6 Å². The van der Waals surface area contributed by atoms with Gasteiger partial charge in [0.1, 0.15) is 0 Å². The van der Waals surface area contributed by atoms with Gasteiger partial charge in [0.25, 0.3) is 0 Å². The summed E-state index contributed by atoms with van der Waals surface area (Å²) in [4.78, 5) is 0. The van der Waals surface area contributed by atoms with E-state index >= 15 is 0 Å². The first-order valence-corrected chi connectivity index (χ1v) is 3.00. The van der Waals surface area contributed by atoms with Crippen LogP contribution in [0.2, 0.25) is 0 Å². The van der Waals surface area contributed by atoms with E-state index in [2.05, 4.69) is 0 Å². The lowest BCUT2D eigenvalue weighted by molar-refractivity contribution is 1.03. The van der Waals surface area contributed by atoms with Gasteiger partial charge in [-0.15, -0.1) is 0 Å². The van der Waals surface area contributed by atoms with Gasteiger partial charge in [0, 0.05) is 6.54 Å². The molecule has 0 unspecified atom stereocenters. The van der Waals surface area contributed by atoms with Gasteiger partial charge in [0.15, 0.2) is 0 Å². The Morgan fingerprint density at radius 2 is 2.30 bits per heavy atom. The average molecular weight is 131 g/mol. The van der Waals surface area contributed by atoms with E-state index < -0.39 is 0 Å². The molecular formula is C8H7N2. The maximum atomic E-state index is 8.45. The van der Waals surface area contributed by atoms with Crippen molar-refractivity contribution < 1.29 is 0 Å². The fourth-order valence-electron chi connectivity index (χ4n) is 0.751. The van der Waals surface area contributed by atoms with Gasteiger partial charge in [-0.2, -0.15) is 5.26 Å². The molecule has 0 aromatic heterocycles. The van der Waals surface area contributed by atoms with Crippen molar-refractivity contribution in [3.8, 4) is 6.07 Å². The van der Waals surface area contributed by atoms with Gasteiger partial charge >= 0.3 is 0 Å². The first-order chi connectivity index (χ1) is 4.86. The summed E-state index contributed by atoms with van der Waals surface area (Å²) in [6.45, 7) is 0.246. The Kier molecular flexibility index (Phi) is 2.03. The summed E-state index contributed by atoms with van der Waals surface area (Å²) in [5, 5.41) is 8.45. The lowest BCUT2D eigenvalue weighted by atomic mass is 10.1. The van der Waals surface area contributed by atoms with Crippen LogP contribution in [0.1, 0.15) is 11.1 Å². The van der Waals surface area contributed by atoms with Gasteiger partial charge in [-0.25, -0.2) is 0 Å². The highest BCUT2D eigenvalue weighted by Crippen LogP contribution is 2.02. The van der Waals surface area contributed by atoms with Crippen molar-refractivity contribution in [1.82, 2.24) is 5.73 Å². The van der Waals surface area contributed by atoms with E-state index in [9.17, 15) is 0 Å². The molecule has 1 N–H and O–H groups in total. The zero-order valence-corrected chi connectivity index (χ0v) is 5.46. The molecule has 0 saturated carbocycles. The van der Waals surface area contributed by atoms with Gasteiger partial charge in [-0.3, -0.25) is 5.73 Å². The summed E-state index contributed by atoms with van der Waals surface area (Å²) >= 11 is 0. The van der Waals surface area contributed by atoms with Crippen LogP contribution >= 0.6 is 0 Å². The average Bonchev–Trinajstić information content (AvgIpc) is 2.05. The Morgan fingerprint density at radius 1 is 1.50 bits per heavy atom. The van der Waals surface area contributed by atoms with Crippen LogP contribution in [0.15, 0.2) is 24.3 Å². The van der Waals surface area contributed by atoms with Gasteiger partial charge in [-0.05, 0) is 17.7 Å². The minimum Gasteiger partial charge on any atom is -0.253 e. The summed E-state index contributed by atoms with van der Waals surface area (Å²) < 4.78 is 0. The predicted molar refractivity (Wildman–Crippen MR) is 38.0 cm³/mol. The van der Waals surface area contributed by atoms with Crippen LogP contribution < -0.4 is 5.73 Å². The number of hydrogen-bond donors (Lipinski definition) is 0. The summed E-state index contributed by atoms with van der Waals surface area (Å²) in [6, 6.07) is 9.12. The number of nitrogens with one attached hydrogen (secondary N) is 1. The smallest absolute Gasteiger partial charge is 0.0991 e. The molecule has 49 valence electrons. The number of hydrogen-bond acceptors (Lipinski definition) is 1. The van der Waals surface area contributed by atoms with Crippen molar-refractivity contribution in [3.63, 3.8) is 0 Å². The number of nitrogens with zero attached hydrogens (tertiary/aromatic N) is 1. The van der Waals surface area contributed by atoms with Crippen LogP contribution in [0.5, 0.6) is 0 Å². The molecular weight excluding hydrogens is 124 g/mol. The lowest BCUT2D eigenvalue weighted by Gasteiger charge is -1.93. The van der Waals surface area contributed by atoms with Crippen LogP contribution in [0.25, 0.3) is 0 Å². The van der Waals surface area contributed by atoms with Crippen LogP contribution in [0, 0.1) is 11.3 Å². The minimum absolute atomic E-state index is 0.246. The third-order valence-corrected chi connectivity index (χ3v) is 1.26. The van der Waals surface area contributed by atoms with Gasteiger partial charge < -0.3 is 0 Å². The Bertz CT molecular complexity index is 260. The van der Waals surface area contributed by atoms with Gasteiger partial charge in [-0.1, -0.05) is 12.1 Å². The summed E-state index contributed by atoms with van der Waals surface area (Å²) in [7, 11) is 0. The molecule has 0 bridgehead atoms. The molecule has 0 saturated heterocycles. The van der Waals surface area contributed by atoms with Crippen LogP contribution in [-0.2, 0) is 6.54 Å². The molecule has 1 aromatic rings. The molecule has 1 radical (unpaired) electrons. The Hall–Kier alpha value is -1.33. The summed E-state index contributed by atoms with van der Waals surface area (Å²) in [5.74, 6) is 0. The Morgan fingerprint density at radius 3 is 2.90 bits per heavy atom. The molecule has 0 aliphatic carbocycles. The lowest BCUT2D eigenvalue weighted by Crippen LogP contribution is -1.84. The standard InChI is InChI=1S/C8H7N2/c9-5-7-2-1-3-8(4-7)6-10/h1-4,9H,5H2. The van der Waals surface area contributed by atoms with Crippen LogP contribution in [-0.4, -0.2) is 0 Å². The zero-order chi connectivity index (χ0) is 7.40. The Labute approximate surface area is 59.9 Å². The maximum absolute atomic E-state index is 8.45. The first kappa shape index (κ1) is 6.79. The molecule has 2 nitrogen and oxygen atoms in total. The summed E-state index contributed by atoms with van der Waals surface area (Å²) in [6.07, 6.45) is 0. The Balaban J connectivity index is 3.01. The van der Waals surface area contributed by atoms with E-state index in [0.29, 0.717) is 5.56 Å². The van der Waals surface area contributed by atoms with Gasteiger partial charge in [0.2, 0.25) is 0 Å². The second-order valence-electron chi connectivity index (χ2n) is 1.99. The van der Waals surface area contributed by atoms with Crippen molar-refractivity contribution in [3.05, 3.63) is 35.4 Å². The van der Waals surface area contributed by atoms with Crippen LogP contribution in [0.4, 0.5) is 0 Å². The highest BCUT2D eigenvalue weighted by Gasteiger charge is 1.90. The molecule has 10 heavy (non-hydrogen) atoms. The second kappa shape index (κ2) is 3.00. The summed E-state index contributed by atoms with van der Waals surface area (Å²) in [5.41, 5.74) is 8.52. The van der Waals surface area contributed by atoms with E-state index in [0.717, 1.165) is 5.56 Å². The molecule has 0 aliphatic rings. The monoisotopic (exact) mass is 131 g/mol. The number of rotatable bonds is 1. The largest absolute Gasteiger partial charge is 0.253 e. The quantitative estimate of drug-likeness (QED) is 0.567. The van der Waals surface area contributed by atoms with Crippen molar-refractivity contribution in [2.45, 2.75) is 6.54 Å². The maximum Gasteiger partial charge on any atom is 0.0991 e. The van der Waals surface area contributed by atoms with E-state index in [1.165, 1.54) is 0 Å². The van der Waals surface area contributed by atoms with Crippen molar-refractivity contribution in [2.75, 3.05) is 0 Å².